The van der Waals surface area contributed by atoms with Crippen LogP contribution in [0.15, 0.2) is 48.5 Å². The first kappa shape index (κ1) is 15.2. The molecule has 0 bridgehead atoms. The van der Waals surface area contributed by atoms with E-state index in [2.05, 4.69) is 47.8 Å². The molecule has 2 unspecified atom stereocenters. The highest BCUT2D eigenvalue weighted by Gasteiger charge is 2.23. The molecule has 2 nitrogen and oxygen atoms in total. The molecule has 1 fully saturated rings. The average Bonchev–Trinajstić information content (AvgIpc) is 2.56. The van der Waals surface area contributed by atoms with E-state index < -0.39 is 0 Å². The summed E-state index contributed by atoms with van der Waals surface area (Å²) in [5.74, 6) is 1.35. The maximum Gasteiger partial charge on any atom is 0.137 e. The van der Waals surface area contributed by atoms with E-state index in [4.69, 9.17) is 16.3 Å². The number of rotatable bonds is 4. The maximum absolute atomic E-state index is 6.13. The van der Waals surface area contributed by atoms with Gasteiger partial charge in [-0.25, -0.2) is 0 Å². The van der Waals surface area contributed by atoms with Gasteiger partial charge in [0.2, 0.25) is 0 Å². The minimum absolute atomic E-state index is 0.530. The van der Waals surface area contributed by atoms with Crippen molar-refractivity contribution in [1.29, 1.82) is 0 Å². The van der Waals surface area contributed by atoms with Crippen LogP contribution in [0.3, 0.4) is 0 Å². The monoisotopic (exact) mass is 315 g/mol. The molecule has 3 rings (SSSR count). The standard InChI is InChI=1S/C19H22ClNO/c1-22-19-13-15(10-11-18(19)20)14-6-5-9-17(12-14)21-16-7-3-2-4-8-16/h2-4,7-8,10-11,13-14,17,21H,5-6,9,12H2,1H3. The first-order valence-corrected chi connectivity index (χ1v) is 8.29. The number of hydrogen-bond acceptors (Lipinski definition) is 2. The van der Waals surface area contributed by atoms with Gasteiger partial charge in [-0.3, -0.25) is 0 Å². The number of halogens is 1. The predicted octanol–water partition coefficient (Wildman–Crippen LogP) is 5.49. The predicted molar refractivity (Wildman–Crippen MR) is 93.1 cm³/mol. The molecule has 0 radical (unpaired) electrons. The van der Waals surface area contributed by atoms with Crippen molar-refractivity contribution in [3.63, 3.8) is 0 Å². The van der Waals surface area contributed by atoms with Gasteiger partial charge in [0.15, 0.2) is 0 Å². The fourth-order valence-electron chi connectivity index (χ4n) is 3.32. The molecule has 1 N–H and O–H groups in total. The molecule has 1 aliphatic rings. The second-order valence-electron chi connectivity index (χ2n) is 5.96. The topological polar surface area (TPSA) is 21.3 Å². The SMILES string of the molecule is COc1cc(C2CCCC(Nc3ccccc3)C2)ccc1Cl. The molecule has 116 valence electrons. The Morgan fingerprint density at radius 3 is 2.68 bits per heavy atom. The minimum Gasteiger partial charge on any atom is -0.495 e. The van der Waals surface area contributed by atoms with Crippen LogP contribution in [-0.4, -0.2) is 13.2 Å². The largest absolute Gasteiger partial charge is 0.495 e. The summed E-state index contributed by atoms with van der Waals surface area (Å²) in [5, 5.41) is 4.34. The first-order chi connectivity index (χ1) is 10.8. The van der Waals surface area contributed by atoms with E-state index in [9.17, 15) is 0 Å². The average molecular weight is 316 g/mol. The van der Waals surface area contributed by atoms with Gasteiger partial charge in [-0.2, -0.15) is 0 Å². The number of methoxy groups -OCH3 is 1. The molecule has 2 aromatic rings. The summed E-state index contributed by atoms with van der Waals surface area (Å²) < 4.78 is 5.35. The van der Waals surface area contributed by atoms with Crippen molar-refractivity contribution >= 4 is 17.3 Å². The van der Waals surface area contributed by atoms with Gasteiger partial charge in [0.05, 0.1) is 12.1 Å². The Kier molecular flexibility index (Phi) is 4.89. The highest BCUT2D eigenvalue weighted by molar-refractivity contribution is 6.32. The van der Waals surface area contributed by atoms with Crippen LogP contribution >= 0.6 is 11.6 Å². The van der Waals surface area contributed by atoms with Crippen molar-refractivity contribution < 1.29 is 4.74 Å². The van der Waals surface area contributed by atoms with Crippen molar-refractivity contribution in [3.8, 4) is 5.75 Å². The molecular weight excluding hydrogens is 294 g/mol. The third kappa shape index (κ3) is 3.56. The van der Waals surface area contributed by atoms with Crippen molar-refractivity contribution in [3.05, 3.63) is 59.1 Å². The minimum atomic E-state index is 0.530. The number of hydrogen-bond donors (Lipinski definition) is 1. The van der Waals surface area contributed by atoms with Crippen molar-refractivity contribution in [2.45, 2.75) is 37.6 Å². The molecular formula is C19H22ClNO. The summed E-state index contributed by atoms with van der Waals surface area (Å²) in [6.07, 6.45) is 4.87. The van der Waals surface area contributed by atoms with E-state index in [1.165, 1.54) is 30.5 Å². The molecule has 0 heterocycles. The number of para-hydroxylation sites is 1. The molecule has 0 saturated heterocycles. The second kappa shape index (κ2) is 7.06. The molecule has 3 heteroatoms. The summed E-state index contributed by atoms with van der Waals surface area (Å²) in [6, 6.07) is 17.2. The molecule has 22 heavy (non-hydrogen) atoms. The van der Waals surface area contributed by atoms with Gasteiger partial charge in [-0.1, -0.05) is 42.3 Å². The lowest BCUT2D eigenvalue weighted by molar-refractivity contribution is 0.400. The smallest absolute Gasteiger partial charge is 0.137 e. The molecule has 0 aliphatic heterocycles. The fourth-order valence-corrected chi connectivity index (χ4v) is 3.52. The Morgan fingerprint density at radius 1 is 1.09 bits per heavy atom. The number of ether oxygens (including phenoxy) is 1. The maximum atomic E-state index is 6.13. The molecule has 0 aromatic heterocycles. The Balaban J connectivity index is 1.70. The molecule has 1 aliphatic carbocycles. The van der Waals surface area contributed by atoms with Gasteiger partial charge in [0.1, 0.15) is 5.75 Å². The normalized spacial score (nSPS) is 21.4. The molecule has 0 spiro atoms. The molecule has 1 saturated carbocycles. The summed E-state index contributed by atoms with van der Waals surface area (Å²) in [4.78, 5) is 0. The van der Waals surface area contributed by atoms with Gasteiger partial charge in [0, 0.05) is 11.7 Å². The quantitative estimate of drug-likeness (QED) is 0.805. The van der Waals surface area contributed by atoms with E-state index in [0.29, 0.717) is 17.0 Å². The van der Waals surface area contributed by atoms with Crippen molar-refractivity contribution in [2.75, 3.05) is 12.4 Å². The van der Waals surface area contributed by atoms with E-state index in [-0.39, 0.29) is 0 Å². The zero-order chi connectivity index (χ0) is 15.4. The van der Waals surface area contributed by atoms with Crippen LogP contribution < -0.4 is 10.1 Å². The summed E-state index contributed by atoms with van der Waals surface area (Å²) in [7, 11) is 1.67. The van der Waals surface area contributed by atoms with Gasteiger partial charge in [-0.15, -0.1) is 0 Å². The number of benzene rings is 2. The van der Waals surface area contributed by atoms with E-state index in [1.807, 2.05) is 6.07 Å². The van der Waals surface area contributed by atoms with E-state index in [1.54, 1.807) is 7.11 Å². The highest BCUT2D eigenvalue weighted by atomic mass is 35.5. The summed E-state index contributed by atoms with van der Waals surface area (Å²) >= 11 is 6.13. The van der Waals surface area contributed by atoms with Gasteiger partial charge in [0.25, 0.3) is 0 Å². The van der Waals surface area contributed by atoms with Gasteiger partial charge >= 0.3 is 0 Å². The second-order valence-corrected chi connectivity index (χ2v) is 6.37. The number of anilines is 1. The summed E-state index contributed by atoms with van der Waals surface area (Å²) in [5.41, 5.74) is 2.54. The number of nitrogens with one attached hydrogen (secondary N) is 1. The lowest BCUT2D eigenvalue weighted by Gasteiger charge is -2.31. The van der Waals surface area contributed by atoms with E-state index in [0.717, 1.165) is 12.2 Å². The van der Waals surface area contributed by atoms with Crippen LogP contribution in [0, 0.1) is 0 Å². The third-order valence-electron chi connectivity index (χ3n) is 4.47. The van der Waals surface area contributed by atoms with Gasteiger partial charge in [-0.05, 0) is 55.0 Å². The van der Waals surface area contributed by atoms with Crippen molar-refractivity contribution in [1.82, 2.24) is 0 Å². The zero-order valence-corrected chi connectivity index (χ0v) is 13.6. The highest BCUT2D eigenvalue weighted by Crippen LogP contribution is 2.37. The van der Waals surface area contributed by atoms with Crippen LogP contribution in [-0.2, 0) is 0 Å². The zero-order valence-electron chi connectivity index (χ0n) is 12.9. The van der Waals surface area contributed by atoms with Crippen LogP contribution in [0.2, 0.25) is 5.02 Å². The lowest BCUT2D eigenvalue weighted by Crippen LogP contribution is -2.26. The Morgan fingerprint density at radius 2 is 1.91 bits per heavy atom. The van der Waals surface area contributed by atoms with Crippen molar-refractivity contribution in [2.24, 2.45) is 0 Å². The molecule has 0 amide bonds. The lowest BCUT2D eigenvalue weighted by atomic mass is 9.81. The van der Waals surface area contributed by atoms with Gasteiger partial charge < -0.3 is 10.1 Å². The van der Waals surface area contributed by atoms with Crippen LogP contribution in [0.1, 0.15) is 37.2 Å². The first-order valence-electron chi connectivity index (χ1n) is 7.91. The fraction of sp³-hybridized carbons (Fsp3) is 0.368. The molecule has 2 aromatic carbocycles. The Labute approximate surface area is 137 Å². The summed E-state index contributed by atoms with van der Waals surface area (Å²) in [6.45, 7) is 0. The van der Waals surface area contributed by atoms with E-state index >= 15 is 0 Å². The van der Waals surface area contributed by atoms with Crippen LogP contribution in [0.5, 0.6) is 5.75 Å². The Hall–Kier alpha value is -1.67. The Bertz CT molecular complexity index is 614. The van der Waals surface area contributed by atoms with Crippen LogP contribution in [0.25, 0.3) is 0 Å². The van der Waals surface area contributed by atoms with Crippen LogP contribution in [0.4, 0.5) is 5.69 Å². The molecule has 2 atom stereocenters. The third-order valence-corrected chi connectivity index (χ3v) is 4.78.